The van der Waals surface area contributed by atoms with E-state index in [-0.39, 0.29) is 23.9 Å². The predicted octanol–water partition coefficient (Wildman–Crippen LogP) is 0.877. The average molecular weight is 446 g/mol. The highest BCUT2D eigenvalue weighted by molar-refractivity contribution is 6.05. The molecule has 3 amide bonds. The summed E-state index contributed by atoms with van der Waals surface area (Å²) in [7, 11) is 1.28. The van der Waals surface area contributed by atoms with Crippen molar-refractivity contribution in [2.24, 2.45) is 0 Å². The summed E-state index contributed by atoms with van der Waals surface area (Å²) in [5.74, 6) is -1.64. The number of fused-ring (bicyclic) bond motifs is 1. The minimum atomic E-state index is -0.675. The molecule has 0 saturated carbocycles. The van der Waals surface area contributed by atoms with E-state index in [0.29, 0.717) is 35.5 Å². The number of rotatable bonds is 4. The number of carbonyl (C=O) groups is 4. The van der Waals surface area contributed by atoms with Gasteiger partial charge in [0.15, 0.2) is 5.69 Å². The van der Waals surface area contributed by atoms with Crippen molar-refractivity contribution in [1.82, 2.24) is 30.2 Å². The fraction of sp³-hybridized carbons (Fsp3) is 0.227. The van der Waals surface area contributed by atoms with Gasteiger partial charge in [-0.2, -0.15) is 0 Å². The van der Waals surface area contributed by atoms with Gasteiger partial charge in [0.2, 0.25) is 11.8 Å². The maximum absolute atomic E-state index is 13.0. The fourth-order valence-corrected chi connectivity index (χ4v) is 4.07. The third-order valence-corrected chi connectivity index (χ3v) is 5.73. The number of nitrogens with zero attached hydrogens (tertiary/aromatic N) is 5. The van der Waals surface area contributed by atoms with Gasteiger partial charge >= 0.3 is 5.97 Å². The van der Waals surface area contributed by atoms with Gasteiger partial charge in [-0.15, -0.1) is 5.10 Å². The number of esters is 1. The van der Waals surface area contributed by atoms with Gasteiger partial charge in [-0.1, -0.05) is 11.3 Å². The van der Waals surface area contributed by atoms with Crippen molar-refractivity contribution in [3.05, 3.63) is 59.5 Å². The number of benzene rings is 1. The molecule has 11 heteroatoms. The zero-order chi connectivity index (χ0) is 23.1. The monoisotopic (exact) mass is 446 g/mol. The number of amides is 3. The van der Waals surface area contributed by atoms with Crippen LogP contribution in [0.15, 0.2) is 42.7 Å². The summed E-state index contributed by atoms with van der Waals surface area (Å²) >= 11 is 0. The van der Waals surface area contributed by atoms with E-state index in [4.69, 9.17) is 4.74 Å². The van der Waals surface area contributed by atoms with Crippen molar-refractivity contribution in [3.63, 3.8) is 0 Å². The first-order chi connectivity index (χ1) is 16.0. The Labute approximate surface area is 187 Å². The van der Waals surface area contributed by atoms with Crippen LogP contribution in [-0.2, 0) is 20.9 Å². The molecule has 1 aromatic carbocycles. The first-order valence-electron chi connectivity index (χ1n) is 10.2. The highest BCUT2D eigenvalue weighted by atomic mass is 16.5. The molecule has 11 nitrogen and oxygen atoms in total. The Hall–Kier alpha value is -4.41. The molecule has 1 unspecified atom stereocenters. The van der Waals surface area contributed by atoms with E-state index in [2.05, 4.69) is 20.6 Å². The first-order valence-corrected chi connectivity index (χ1v) is 10.2. The van der Waals surface area contributed by atoms with Gasteiger partial charge in [0.25, 0.3) is 5.91 Å². The van der Waals surface area contributed by atoms with E-state index in [1.807, 2.05) is 0 Å². The zero-order valence-corrected chi connectivity index (χ0v) is 17.5. The highest BCUT2D eigenvalue weighted by Crippen LogP contribution is 2.29. The Morgan fingerprint density at radius 3 is 2.82 bits per heavy atom. The Morgan fingerprint density at radius 1 is 1.18 bits per heavy atom. The van der Waals surface area contributed by atoms with Crippen LogP contribution in [0.3, 0.4) is 0 Å². The summed E-state index contributed by atoms with van der Waals surface area (Å²) in [6.07, 6.45) is 3.62. The maximum atomic E-state index is 13.0. The number of hydrogen-bond donors (Lipinski definition) is 1. The normalized spacial score (nSPS) is 17.7. The van der Waals surface area contributed by atoms with Crippen molar-refractivity contribution >= 4 is 23.7 Å². The minimum Gasteiger partial charge on any atom is -0.464 e. The second-order valence-electron chi connectivity index (χ2n) is 7.68. The highest BCUT2D eigenvalue weighted by Gasteiger charge is 2.39. The van der Waals surface area contributed by atoms with Gasteiger partial charge < -0.3 is 9.64 Å². The number of methoxy groups -OCH3 is 1. The van der Waals surface area contributed by atoms with Crippen LogP contribution >= 0.6 is 0 Å². The summed E-state index contributed by atoms with van der Waals surface area (Å²) in [5.41, 5.74) is 2.85. The third-order valence-electron chi connectivity index (χ3n) is 5.73. The number of aromatic nitrogens is 4. The summed E-state index contributed by atoms with van der Waals surface area (Å²) in [6.45, 7) is 0.293. The molecule has 33 heavy (non-hydrogen) atoms. The molecule has 0 spiro atoms. The Balaban J connectivity index is 1.43. The summed E-state index contributed by atoms with van der Waals surface area (Å²) < 4.78 is 6.27. The van der Waals surface area contributed by atoms with Crippen LogP contribution in [0.4, 0.5) is 0 Å². The number of piperidine rings is 1. The van der Waals surface area contributed by atoms with Gasteiger partial charge in [-0.25, -0.2) is 14.5 Å². The molecular formula is C22H18N6O5. The van der Waals surface area contributed by atoms with Gasteiger partial charge in [-0.05, 0) is 36.2 Å². The minimum absolute atomic E-state index is 0.121. The van der Waals surface area contributed by atoms with E-state index >= 15 is 0 Å². The molecule has 2 aromatic heterocycles. The largest absolute Gasteiger partial charge is 0.464 e. The van der Waals surface area contributed by atoms with E-state index in [1.54, 1.807) is 36.5 Å². The second kappa shape index (κ2) is 7.93. The van der Waals surface area contributed by atoms with Gasteiger partial charge in [0.1, 0.15) is 11.7 Å². The molecule has 0 aliphatic carbocycles. The maximum Gasteiger partial charge on any atom is 0.357 e. The Morgan fingerprint density at radius 2 is 2.03 bits per heavy atom. The van der Waals surface area contributed by atoms with E-state index in [0.717, 1.165) is 5.56 Å². The Bertz CT molecular complexity index is 1320. The quantitative estimate of drug-likeness (QED) is 0.461. The standard InChI is InChI=1S/C22H18N6O5/c1-33-22(32)19-14(3-2-8-23-19)16-11-28(26-25-16)13-5-4-12-10-27(21(31)15(12)9-13)17-6-7-18(29)24-20(17)30/h2-5,8-9,11,17H,6-7,10H2,1H3,(H,24,29,30). The molecule has 1 saturated heterocycles. The van der Waals surface area contributed by atoms with Crippen LogP contribution in [0.1, 0.15) is 39.3 Å². The van der Waals surface area contributed by atoms with Crippen molar-refractivity contribution < 1.29 is 23.9 Å². The molecule has 1 N–H and O–H groups in total. The SMILES string of the molecule is COC(=O)c1ncccc1-c1cn(-c2ccc3c(c2)C(=O)N(C2CCC(=O)NC2=O)C3)nn1. The van der Waals surface area contributed by atoms with Gasteiger partial charge in [0, 0.05) is 30.3 Å². The number of carbonyl (C=O) groups excluding carboxylic acids is 4. The van der Waals surface area contributed by atoms with E-state index in [1.165, 1.54) is 22.9 Å². The molecular weight excluding hydrogens is 428 g/mol. The average Bonchev–Trinajstić information content (AvgIpc) is 3.44. The molecule has 166 valence electrons. The van der Waals surface area contributed by atoms with Crippen molar-refractivity contribution in [2.45, 2.75) is 25.4 Å². The lowest BCUT2D eigenvalue weighted by Crippen LogP contribution is -2.52. The smallest absolute Gasteiger partial charge is 0.357 e. The van der Waals surface area contributed by atoms with Crippen LogP contribution in [0.25, 0.3) is 16.9 Å². The van der Waals surface area contributed by atoms with Crippen molar-refractivity contribution in [3.8, 4) is 16.9 Å². The zero-order valence-electron chi connectivity index (χ0n) is 17.5. The van der Waals surface area contributed by atoms with Crippen LogP contribution < -0.4 is 5.32 Å². The summed E-state index contributed by atoms with van der Waals surface area (Å²) in [4.78, 5) is 54.3. The summed E-state index contributed by atoms with van der Waals surface area (Å²) in [6, 6.07) is 7.98. The van der Waals surface area contributed by atoms with Crippen molar-refractivity contribution in [2.75, 3.05) is 7.11 Å². The van der Waals surface area contributed by atoms with Crippen LogP contribution in [0.5, 0.6) is 0 Å². The number of pyridine rings is 1. The fourth-order valence-electron chi connectivity index (χ4n) is 4.07. The third kappa shape index (κ3) is 3.53. The van der Waals surface area contributed by atoms with Crippen molar-refractivity contribution in [1.29, 1.82) is 0 Å². The Kier molecular flexibility index (Phi) is 4.93. The molecule has 1 atom stereocenters. The van der Waals surface area contributed by atoms with Gasteiger partial charge in [-0.3, -0.25) is 19.7 Å². The molecule has 2 aliphatic heterocycles. The molecule has 3 aromatic rings. The van der Waals surface area contributed by atoms with E-state index in [9.17, 15) is 19.2 Å². The molecule has 4 heterocycles. The predicted molar refractivity (Wildman–Crippen MR) is 112 cm³/mol. The van der Waals surface area contributed by atoms with E-state index < -0.39 is 17.9 Å². The van der Waals surface area contributed by atoms with Gasteiger partial charge in [0.05, 0.1) is 19.0 Å². The summed E-state index contributed by atoms with van der Waals surface area (Å²) in [5, 5.41) is 10.6. The topological polar surface area (TPSA) is 136 Å². The number of hydrogen-bond acceptors (Lipinski definition) is 8. The lowest BCUT2D eigenvalue weighted by atomic mass is 10.0. The number of nitrogens with one attached hydrogen (secondary N) is 1. The number of imide groups is 1. The number of ether oxygens (including phenoxy) is 1. The van der Waals surface area contributed by atoms with Crippen LogP contribution in [-0.4, -0.2) is 61.7 Å². The molecule has 0 radical (unpaired) electrons. The molecule has 1 fully saturated rings. The molecule has 0 bridgehead atoms. The lowest BCUT2D eigenvalue weighted by Gasteiger charge is -2.29. The van der Waals surface area contributed by atoms with Crippen LogP contribution in [0.2, 0.25) is 0 Å². The molecule has 5 rings (SSSR count). The second-order valence-corrected chi connectivity index (χ2v) is 7.68. The lowest BCUT2D eigenvalue weighted by molar-refractivity contribution is -0.136. The van der Waals surface area contributed by atoms with Crippen LogP contribution in [0, 0.1) is 0 Å². The molecule has 2 aliphatic rings. The first kappa shape index (κ1) is 20.5.